The van der Waals surface area contributed by atoms with Gasteiger partial charge in [-0.25, -0.2) is 4.98 Å². The largest absolute Gasteiger partial charge is 0.481 e. The predicted molar refractivity (Wildman–Crippen MR) is 89.5 cm³/mol. The lowest BCUT2D eigenvalue weighted by Crippen LogP contribution is -2.23. The summed E-state index contributed by atoms with van der Waals surface area (Å²) in [5, 5.41) is 3.32. The van der Waals surface area contributed by atoms with Crippen molar-refractivity contribution in [3.63, 3.8) is 0 Å². The third-order valence-electron chi connectivity index (χ3n) is 4.36. The van der Waals surface area contributed by atoms with Gasteiger partial charge in [0.05, 0.1) is 18.4 Å². The van der Waals surface area contributed by atoms with Gasteiger partial charge in [0, 0.05) is 17.7 Å². The lowest BCUT2D eigenvalue weighted by atomic mass is 9.96. The fourth-order valence-electron chi connectivity index (χ4n) is 3.00. The van der Waals surface area contributed by atoms with Gasteiger partial charge in [-0.05, 0) is 25.0 Å². The van der Waals surface area contributed by atoms with Crippen molar-refractivity contribution < 1.29 is 17.9 Å². The van der Waals surface area contributed by atoms with Gasteiger partial charge in [0.2, 0.25) is 11.8 Å². The smallest absolute Gasteiger partial charge is 0.416 e. The number of rotatable bonds is 4. The SMILES string of the molecule is COc1cc(-c2ccc(C(F)(F)F)cc2)nc(NC2CCCCC2)n1. The zero-order chi connectivity index (χ0) is 17.9. The van der Waals surface area contributed by atoms with Crippen LogP contribution in [0.15, 0.2) is 30.3 Å². The van der Waals surface area contributed by atoms with E-state index in [0.717, 1.165) is 25.0 Å². The molecule has 0 radical (unpaired) electrons. The number of aromatic nitrogens is 2. The molecule has 0 spiro atoms. The second-order valence-electron chi connectivity index (χ2n) is 6.17. The van der Waals surface area contributed by atoms with Gasteiger partial charge in [0.15, 0.2) is 0 Å². The molecular weight excluding hydrogens is 331 g/mol. The Hall–Kier alpha value is -2.31. The monoisotopic (exact) mass is 351 g/mol. The van der Waals surface area contributed by atoms with Crippen LogP contribution in [-0.4, -0.2) is 23.1 Å². The van der Waals surface area contributed by atoms with Crippen molar-refractivity contribution >= 4 is 5.95 Å². The molecule has 1 aromatic carbocycles. The van der Waals surface area contributed by atoms with Crippen LogP contribution in [0.25, 0.3) is 11.3 Å². The van der Waals surface area contributed by atoms with Crippen LogP contribution in [-0.2, 0) is 6.18 Å². The van der Waals surface area contributed by atoms with E-state index in [0.29, 0.717) is 29.1 Å². The molecule has 0 saturated heterocycles. The number of anilines is 1. The van der Waals surface area contributed by atoms with Gasteiger partial charge in [-0.2, -0.15) is 18.2 Å². The van der Waals surface area contributed by atoms with Gasteiger partial charge in [-0.1, -0.05) is 31.4 Å². The van der Waals surface area contributed by atoms with Crippen molar-refractivity contribution in [1.29, 1.82) is 0 Å². The van der Waals surface area contributed by atoms with Crippen LogP contribution in [0.4, 0.5) is 19.1 Å². The highest BCUT2D eigenvalue weighted by molar-refractivity contribution is 5.62. The number of halogens is 3. The maximum atomic E-state index is 12.7. The Morgan fingerprint density at radius 1 is 1.04 bits per heavy atom. The molecule has 1 heterocycles. The molecule has 1 fully saturated rings. The fourth-order valence-corrected chi connectivity index (χ4v) is 3.00. The van der Waals surface area contributed by atoms with Crippen molar-refractivity contribution in [3.8, 4) is 17.1 Å². The maximum absolute atomic E-state index is 12.7. The summed E-state index contributed by atoms with van der Waals surface area (Å²) in [7, 11) is 1.50. The average Bonchev–Trinajstić information content (AvgIpc) is 2.61. The van der Waals surface area contributed by atoms with Crippen LogP contribution in [0.3, 0.4) is 0 Å². The first kappa shape index (κ1) is 17.5. The molecule has 1 aliphatic rings. The quantitative estimate of drug-likeness (QED) is 0.850. The zero-order valence-corrected chi connectivity index (χ0v) is 13.9. The van der Waals surface area contributed by atoms with E-state index in [4.69, 9.17) is 4.74 Å². The van der Waals surface area contributed by atoms with E-state index < -0.39 is 11.7 Å². The molecular formula is C18H20F3N3O. The molecule has 25 heavy (non-hydrogen) atoms. The lowest BCUT2D eigenvalue weighted by molar-refractivity contribution is -0.137. The van der Waals surface area contributed by atoms with Crippen molar-refractivity contribution in [1.82, 2.24) is 9.97 Å². The third-order valence-corrected chi connectivity index (χ3v) is 4.36. The van der Waals surface area contributed by atoms with Gasteiger partial charge in [0.25, 0.3) is 0 Å². The predicted octanol–water partition coefficient (Wildman–Crippen LogP) is 4.92. The first-order valence-electron chi connectivity index (χ1n) is 8.33. The molecule has 0 unspecified atom stereocenters. The molecule has 7 heteroatoms. The average molecular weight is 351 g/mol. The summed E-state index contributed by atoms with van der Waals surface area (Å²) < 4.78 is 43.3. The van der Waals surface area contributed by atoms with E-state index in [1.165, 1.54) is 38.5 Å². The van der Waals surface area contributed by atoms with Gasteiger partial charge in [0.1, 0.15) is 0 Å². The first-order chi connectivity index (χ1) is 12.0. The minimum absolute atomic E-state index is 0.321. The summed E-state index contributed by atoms with van der Waals surface area (Å²) in [5.41, 5.74) is 0.428. The second kappa shape index (κ2) is 7.29. The van der Waals surface area contributed by atoms with Crippen LogP contribution >= 0.6 is 0 Å². The lowest BCUT2D eigenvalue weighted by Gasteiger charge is -2.23. The molecule has 3 rings (SSSR count). The molecule has 0 bridgehead atoms. The highest BCUT2D eigenvalue weighted by Gasteiger charge is 2.30. The Kier molecular flexibility index (Phi) is 5.11. The number of alkyl halides is 3. The molecule has 0 amide bonds. The van der Waals surface area contributed by atoms with Crippen LogP contribution in [0.2, 0.25) is 0 Å². The zero-order valence-electron chi connectivity index (χ0n) is 13.9. The number of ether oxygens (including phenoxy) is 1. The highest BCUT2D eigenvalue weighted by atomic mass is 19.4. The van der Waals surface area contributed by atoms with Gasteiger partial charge in [-0.15, -0.1) is 0 Å². The highest BCUT2D eigenvalue weighted by Crippen LogP contribution is 2.31. The van der Waals surface area contributed by atoms with Crippen molar-refractivity contribution in [2.45, 2.75) is 44.3 Å². The van der Waals surface area contributed by atoms with Crippen molar-refractivity contribution in [2.75, 3.05) is 12.4 Å². The molecule has 4 nitrogen and oxygen atoms in total. The molecule has 0 aliphatic heterocycles. The van der Waals surface area contributed by atoms with Gasteiger partial charge >= 0.3 is 6.18 Å². The Balaban J connectivity index is 1.86. The summed E-state index contributed by atoms with van der Waals surface area (Å²) in [4.78, 5) is 8.76. The molecule has 0 atom stereocenters. The molecule has 1 aliphatic carbocycles. The molecule has 134 valence electrons. The summed E-state index contributed by atoms with van der Waals surface area (Å²) in [5.74, 6) is 0.823. The number of methoxy groups -OCH3 is 1. The van der Waals surface area contributed by atoms with Gasteiger partial charge < -0.3 is 10.1 Å². The fraction of sp³-hybridized carbons (Fsp3) is 0.444. The van der Waals surface area contributed by atoms with Crippen LogP contribution in [0.5, 0.6) is 5.88 Å². The molecule has 2 aromatic rings. The van der Waals surface area contributed by atoms with Gasteiger partial charge in [-0.3, -0.25) is 0 Å². The van der Waals surface area contributed by atoms with Crippen LogP contribution in [0, 0.1) is 0 Å². The third kappa shape index (κ3) is 4.41. The number of nitrogens with zero attached hydrogens (tertiary/aromatic N) is 2. The topological polar surface area (TPSA) is 47.0 Å². The Labute approximate surface area is 144 Å². The molecule has 1 N–H and O–H groups in total. The van der Waals surface area contributed by atoms with E-state index >= 15 is 0 Å². The maximum Gasteiger partial charge on any atom is 0.416 e. The molecule has 1 aromatic heterocycles. The summed E-state index contributed by atoms with van der Waals surface area (Å²) in [6.45, 7) is 0. The second-order valence-corrected chi connectivity index (χ2v) is 6.17. The number of nitrogens with one attached hydrogen (secondary N) is 1. The van der Waals surface area contributed by atoms with Crippen LogP contribution < -0.4 is 10.1 Å². The number of benzene rings is 1. The van der Waals surface area contributed by atoms with Crippen LogP contribution in [0.1, 0.15) is 37.7 Å². The van der Waals surface area contributed by atoms with E-state index in [1.54, 1.807) is 6.07 Å². The first-order valence-corrected chi connectivity index (χ1v) is 8.33. The molecule has 1 saturated carbocycles. The standard InChI is InChI=1S/C18H20F3N3O/c1-25-16-11-15(12-7-9-13(10-8-12)18(19,20)21)23-17(24-16)22-14-5-3-2-4-6-14/h7-11,14H,2-6H2,1H3,(H,22,23,24). The van der Waals surface area contributed by atoms with Crippen molar-refractivity contribution in [2.24, 2.45) is 0 Å². The number of hydrogen-bond donors (Lipinski definition) is 1. The van der Waals surface area contributed by atoms with E-state index in [1.807, 2.05) is 0 Å². The normalized spacial score (nSPS) is 15.8. The summed E-state index contributed by atoms with van der Waals surface area (Å²) >= 11 is 0. The Morgan fingerprint density at radius 3 is 2.32 bits per heavy atom. The van der Waals surface area contributed by atoms with Crippen molar-refractivity contribution in [3.05, 3.63) is 35.9 Å². The van der Waals surface area contributed by atoms with E-state index in [9.17, 15) is 13.2 Å². The number of hydrogen-bond acceptors (Lipinski definition) is 4. The summed E-state index contributed by atoms with van der Waals surface area (Å²) in [6, 6.07) is 6.87. The Bertz CT molecular complexity index is 710. The van der Waals surface area contributed by atoms with E-state index in [-0.39, 0.29) is 0 Å². The minimum Gasteiger partial charge on any atom is -0.481 e. The Morgan fingerprint density at radius 2 is 1.72 bits per heavy atom. The van der Waals surface area contributed by atoms with E-state index in [2.05, 4.69) is 15.3 Å². The minimum atomic E-state index is -4.35. The summed E-state index contributed by atoms with van der Waals surface area (Å²) in [6.07, 6.45) is 1.37.